The van der Waals surface area contributed by atoms with E-state index in [1.54, 1.807) is 29.2 Å². The molecule has 0 spiro atoms. The second-order valence-electron chi connectivity index (χ2n) is 10.6. The first kappa shape index (κ1) is 26.4. The molecule has 12 nitrogen and oxygen atoms in total. The van der Waals surface area contributed by atoms with Crippen molar-refractivity contribution in [2.75, 3.05) is 49.5 Å². The molecule has 2 N–H and O–H groups in total. The van der Waals surface area contributed by atoms with Crippen molar-refractivity contribution in [3.05, 3.63) is 60.0 Å². The minimum absolute atomic E-state index is 0.176. The highest BCUT2D eigenvalue weighted by molar-refractivity contribution is 6.03. The molecule has 4 aromatic rings. The zero-order valence-corrected chi connectivity index (χ0v) is 22.6. The number of carbonyl (C=O) groups is 1. The van der Waals surface area contributed by atoms with Crippen LogP contribution in [0.1, 0.15) is 42.6 Å². The molecule has 1 aliphatic heterocycles. The van der Waals surface area contributed by atoms with Crippen LogP contribution in [-0.4, -0.2) is 85.4 Å². The number of aromatic nitrogens is 6. The first-order chi connectivity index (χ1) is 18.7. The fraction of sp³-hybridized carbons (Fsp3) is 0.407. The molecule has 4 aromatic heterocycles. The van der Waals surface area contributed by atoms with Gasteiger partial charge in [-0.3, -0.25) is 19.7 Å². The Balaban J connectivity index is 1.32. The van der Waals surface area contributed by atoms with Gasteiger partial charge in [0.2, 0.25) is 0 Å². The van der Waals surface area contributed by atoms with Gasteiger partial charge in [-0.25, -0.2) is 4.68 Å². The maximum absolute atomic E-state index is 12.9. The van der Waals surface area contributed by atoms with Crippen LogP contribution in [0.2, 0.25) is 0 Å². The zero-order chi connectivity index (χ0) is 27.6. The van der Waals surface area contributed by atoms with E-state index in [1.165, 1.54) is 6.20 Å². The largest absolute Gasteiger partial charge is 0.395 e. The molecule has 39 heavy (non-hydrogen) atoms. The number of aliphatic hydroxyl groups excluding tert-OH is 1. The lowest BCUT2D eigenvalue weighted by molar-refractivity contribution is 0.102. The smallest absolute Gasteiger partial charge is 0.258 e. The molecule has 1 amide bonds. The Morgan fingerprint density at radius 1 is 1.10 bits per heavy atom. The highest BCUT2D eigenvalue weighted by atomic mass is 16.5. The van der Waals surface area contributed by atoms with Crippen molar-refractivity contribution in [2.45, 2.75) is 33.1 Å². The van der Waals surface area contributed by atoms with Crippen molar-refractivity contribution in [1.82, 2.24) is 35.0 Å². The van der Waals surface area contributed by atoms with E-state index < -0.39 is 0 Å². The Kier molecular flexibility index (Phi) is 7.40. The summed E-state index contributed by atoms with van der Waals surface area (Å²) in [7, 11) is 0. The van der Waals surface area contributed by atoms with E-state index in [2.05, 4.69) is 46.6 Å². The highest BCUT2D eigenvalue weighted by Gasteiger charge is 2.21. The minimum atomic E-state index is -0.353. The van der Waals surface area contributed by atoms with Crippen molar-refractivity contribution < 1.29 is 14.4 Å². The first-order valence-corrected chi connectivity index (χ1v) is 12.9. The number of amides is 1. The number of nitrogens with zero attached hydrogens (tertiary/aromatic N) is 8. The minimum Gasteiger partial charge on any atom is -0.395 e. The van der Waals surface area contributed by atoms with E-state index in [9.17, 15) is 9.90 Å². The number of aryl methyl sites for hydroxylation is 1. The molecule has 0 aromatic carbocycles. The Morgan fingerprint density at radius 3 is 2.62 bits per heavy atom. The number of hydrogen-bond acceptors (Lipinski definition) is 10. The second kappa shape index (κ2) is 10.9. The van der Waals surface area contributed by atoms with Gasteiger partial charge in [-0.05, 0) is 19.1 Å². The summed E-state index contributed by atoms with van der Waals surface area (Å²) in [6.45, 7) is 12.3. The zero-order valence-electron chi connectivity index (χ0n) is 22.6. The van der Waals surface area contributed by atoms with Gasteiger partial charge >= 0.3 is 0 Å². The fourth-order valence-electron chi connectivity index (χ4n) is 4.38. The molecule has 0 aliphatic carbocycles. The van der Waals surface area contributed by atoms with Crippen LogP contribution in [0.25, 0.3) is 16.9 Å². The molecule has 0 radical (unpaired) electrons. The monoisotopic (exact) mass is 531 g/mol. The lowest BCUT2D eigenvalue weighted by Gasteiger charge is -2.35. The van der Waals surface area contributed by atoms with Crippen LogP contribution in [0.15, 0.2) is 47.5 Å². The molecule has 0 bridgehead atoms. The van der Waals surface area contributed by atoms with Crippen LogP contribution < -0.4 is 10.2 Å². The van der Waals surface area contributed by atoms with Gasteiger partial charge in [0.25, 0.3) is 5.91 Å². The molecular formula is C27H33N9O3. The van der Waals surface area contributed by atoms with Gasteiger partial charge in [-0.1, -0.05) is 31.1 Å². The van der Waals surface area contributed by atoms with Crippen LogP contribution in [-0.2, 0) is 5.41 Å². The van der Waals surface area contributed by atoms with Gasteiger partial charge in [0.05, 0.1) is 41.6 Å². The van der Waals surface area contributed by atoms with Crippen molar-refractivity contribution in [3.8, 4) is 16.9 Å². The molecule has 1 fully saturated rings. The van der Waals surface area contributed by atoms with Gasteiger partial charge in [0.15, 0.2) is 5.82 Å². The summed E-state index contributed by atoms with van der Waals surface area (Å²) in [5.74, 6) is 0.671. The Bertz CT molecular complexity index is 1450. The number of piperazine rings is 1. The Hall–Kier alpha value is -4.16. The molecule has 0 unspecified atom stereocenters. The molecule has 12 heteroatoms. The van der Waals surface area contributed by atoms with E-state index in [-0.39, 0.29) is 17.9 Å². The third-order valence-electron chi connectivity index (χ3n) is 6.73. The Labute approximate surface area is 226 Å². The van der Waals surface area contributed by atoms with E-state index in [0.717, 1.165) is 37.4 Å². The number of rotatable bonds is 7. The van der Waals surface area contributed by atoms with Crippen LogP contribution in [0, 0.1) is 6.92 Å². The Morgan fingerprint density at radius 2 is 1.90 bits per heavy atom. The number of aliphatic hydroxyl groups is 1. The van der Waals surface area contributed by atoms with Gasteiger partial charge < -0.3 is 19.8 Å². The van der Waals surface area contributed by atoms with Crippen molar-refractivity contribution >= 4 is 17.4 Å². The van der Waals surface area contributed by atoms with Crippen LogP contribution in [0.4, 0.5) is 11.5 Å². The maximum Gasteiger partial charge on any atom is 0.258 e. The number of carbonyl (C=O) groups excluding carboxylic acids is 1. The summed E-state index contributed by atoms with van der Waals surface area (Å²) in [6.07, 6.45) is 6.94. The maximum atomic E-state index is 12.9. The van der Waals surface area contributed by atoms with E-state index in [4.69, 9.17) is 4.52 Å². The third-order valence-corrected chi connectivity index (χ3v) is 6.73. The van der Waals surface area contributed by atoms with Crippen LogP contribution in [0.3, 0.4) is 0 Å². The predicted molar refractivity (Wildman–Crippen MR) is 146 cm³/mol. The molecule has 204 valence electrons. The quantitative estimate of drug-likeness (QED) is 0.366. The van der Waals surface area contributed by atoms with Crippen molar-refractivity contribution in [2.24, 2.45) is 0 Å². The standard InChI is InChI=1S/C27H33N9O3/c1-18-23(12-20(15-29-18)26(38)30-25-13-24(39-32-25)27(2,3)4)36-17-22(31-33-36)19-11-21(16-28-14-19)35-7-5-34(6-8-35)9-10-37/h11-17,37H,5-10H2,1-4H3,(H,30,32,38). The molecule has 5 heterocycles. The van der Waals surface area contributed by atoms with Gasteiger partial charge in [-0.15, -0.1) is 5.10 Å². The number of β-amino-alcohol motifs (C(OH)–C–C–N with tert-alkyl or cyclic N) is 1. The van der Waals surface area contributed by atoms with E-state index in [1.807, 2.05) is 33.9 Å². The average molecular weight is 532 g/mol. The molecule has 1 saturated heterocycles. The van der Waals surface area contributed by atoms with E-state index >= 15 is 0 Å². The van der Waals surface area contributed by atoms with Gasteiger partial charge in [0, 0.05) is 62.2 Å². The summed E-state index contributed by atoms with van der Waals surface area (Å²) < 4.78 is 6.98. The third kappa shape index (κ3) is 5.96. The number of hydrogen-bond donors (Lipinski definition) is 2. The van der Waals surface area contributed by atoms with Crippen molar-refractivity contribution in [1.29, 1.82) is 0 Å². The molecular weight excluding hydrogens is 498 g/mol. The normalized spacial score (nSPS) is 14.5. The lowest BCUT2D eigenvalue weighted by Crippen LogP contribution is -2.47. The fourth-order valence-corrected chi connectivity index (χ4v) is 4.38. The first-order valence-electron chi connectivity index (χ1n) is 12.9. The molecule has 0 saturated carbocycles. The van der Waals surface area contributed by atoms with E-state index in [0.29, 0.717) is 40.8 Å². The second-order valence-corrected chi connectivity index (χ2v) is 10.6. The lowest BCUT2D eigenvalue weighted by atomic mass is 9.93. The summed E-state index contributed by atoms with van der Waals surface area (Å²) >= 11 is 0. The number of anilines is 2. The van der Waals surface area contributed by atoms with Gasteiger partial charge in [0.1, 0.15) is 11.5 Å². The van der Waals surface area contributed by atoms with Crippen molar-refractivity contribution in [3.63, 3.8) is 0 Å². The predicted octanol–water partition coefficient (Wildman–Crippen LogP) is 2.68. The van der Waals surface area contributed by atoms with Crippen LogP contribution in [0.5, 0.6) is 0 Å². The highest BCUT2D eigenvalue weighted by Crippen LogP contribution is 2.26. The topological polar surface area (TPSA) is 138 Å². The summed E-state index contributed by atoms with van der Waals surface area (Å²) in [5.41, 5.74) is 4.00. The van der Waals surface area contributed by atoms with Crippen LogP contribution >= 0.6 is 0 Å². The summed E-state index contributed by atoms with van der Waals surface area (Å²) in [5, 5.41) is 24.6. The number of nitrogens with one attached hydrogen (secondary N) is 1. The number of pyridine rings is 2. The average Bonchev–Trinajstić information content (AvgIpc) is 3.60. The molecule has 1 aliphatic rings. The summed E-state index contributed by atoms with van der Waals surface area (Å²) in [6, 6.07) is 5.50. The SMILES string of the molecule is Cc1ncc(C(=O)Nc2cc(C(C)(C)C)on2)cc1-n1cc(-c2cncc(N3CCN(CCO)CC3)c2)nn1. The molecule has 5 rings (SSSR count). The van der Waals surface area contributed by atoms with Gasteiger partial charge in [-0.2, -0.15) is 0 Å². The molecule has 0 atom stereocenters. The summed E-state index contributed by atoms with van der Waals surface area (Å²) in [4.78, 5) is 26.3.